The number of hydrogen-bond acceptors (Lipinski definition) is 4. The Morgan fingerprint density at radius 3 is 0.852 bits per heavy atom. The first-order valence-corrected chi connectivity index (χ1v) is 18.1. The Balaban J connectivity index is -0.0000000843. The van der Waals surface area contributed by atoms with Crippen LogP contribution in [0.4, 0.5) is 0 Å². The number of carbonyl (C=O) groups is 2. The van der Waals surface area contributed by atoms with Crippen molar-refractivity contribution in [3.05, 3.63) is 0 Å². The summed E-state index contributed by atoms with van der Waals surface area (Å²) in [6.07, 6.45) is 11.7. The van der Waals surface area contributed by atoms with Crippen LogP contribution in [-0.4, -0.2) is 54.2 Å². The second-order valence-electron chi connectivity index (χ2n) is 5.90. The summed E-state index contributed by atoms with van der Waals surface area (Å²) >= 11 is 0.299. The van der Waals surface area contributed by atoms with Gasteiger partial charge in [-0.2, -0.15) is 0 Å². The Kier molecular flexibility index (Phi) is 57.9. The molecule has 160 valence electrons. The van der Waals surface area contributed by atoms with E-state index in [9.17, 15) is 0 Å². The molecule has 0 atom stereocenters. The normalized spacial score (nSPS) is 7.93. The van der Waals surface area contributed by atoms with Crippen LogP contribution >= 0.6 is 0 Å². The monoisotopic (exact) mass is 602 g/mol. The zero-order valence-electron chi connectivity index (χ0n) is 18.5. The van der Waals surface area contributed by atoms with Gasteiger partial charge in [0.25, 0.3) is 0 Å². The second kappa shape index (κ2) is 41.0. The number of carboxylic acids is 2. The van der Waals surface area contributed by atoms with E-state index in [4.69, 9.17) is 19.8 Å². The van der Waals surface area contributed by atoms with Crippen LogP contribution in [0.3, 0.4) is 0 Å². The van der Waals surface area contributed by atoms with Gasteiger partial charge >= 0.3 is 139 Å². The van der Waals surface area contributed by atoms with Gasteiger partial charge in [-0.25, -0.2) is 0 Å². The molecular weight excluding hydrogens is 558 g/mol. The summed E-state index contributed by atoms with van der Waals surface area (Å²) in [6, 6.07) is 0. The van der Waals surface area contributed by atoms with E-state index in [1.165, 1.54) is 51.4 Å². The predicted octanol–water partition coefficient (Wildman–Crippen LogP) is 3.65. The third-order valence-electron chi connectivity index (χ3n) is 2.83. The molecule has 27 heavy (non-hydrogen) atoms. The molecule has 0 saturated heterocycles. The van der Waals surface area contributed by atoms with E-state index in [1.54, 1.807) is 17.7 Å². The summed E-state index contributed by atoms with van der Waals surface area (Å²) in [6.45, 7) is 11.1. The minimum atomic E-state index is -1.08. The van der Waals surface area contributed by atoms with Crippen LogP contribution in [-0.2, 0) is 15.1 Å². The number of unbranched alkanes of at least 4 members (excludes halogenated alkanes) is 4. The van der Waals surface area contributed by atoms with Gasteiger partial charge in [-0.15, -0.1) is 0 Å². The van der Waals surface area contributed by atoms with Crippen molar-refractivity contribution in [2.75, 3.05) is 0 Å². The van der Waals surface area contributed by atoms with E-state index < -0.39 is 11.9 Å². The molecule has 0 aromatic rings. The molecule has 0 spiro atoms. The van der Waals surface area contributed by atoms with E-state index in [0.29, 0.717) is 0 Å². The smallest absolute Gasteiger partial charge is 2.00 e. The molecule has 0 aliphatic heterocycles. The summed E-state index contributed by atoms with van der Waals surface area (Å²) in [5, 5.41) is 17.8. The topological polar surface area (TPSA) is 109 Å². The molecule has 0 aromatic carbocycles. The number of hydrogen-bond donors (Lipinski definition) is 0. The summed E-state index contributed by atoms with van der Waals surface area (Å²) in [5.41, 5.74) is 0. The average Bonchev–Trinajstić information content (AvgIpc) is 2.54. The Morgan fingerprint density at radius 2 is 0.741 bits per heavy atom. The molecule has 0 aliphatic rings. The van der Waals surface area contributed by atoms with Gasteiger partial charge in [0.2, 0.25) is 0 Å². The molecular formula is C20H42O5Sn2. The molecule has 0 heterocycles. The van der Waals surface area contributed by atoms with Gasteiger partial charge in [0, 0.05) is 11.9 Å². The summed E-state index contributed by atoms with van der Waals surface area (Å²) in [4.78, 5) is 17.8. The van der Waals surface area contributed by atoms with Crippen molar-refractivity contribution in [2.45, 2.75) is 111 Å². The molecule has 0 unspecified atom stereocenters. The van der Waals surface area contributed by atoms with Crippen molar-refractivity contribution in [1.82, 2.24) is 0 Å². The molecule has 0 saturated carbocycles. The fourth-order valence-corrected chi connectivity index (χ4v) is 9.77. The molecule has 0 amide bonds. The van der Waals surface area contributed by atoms with Gasteiger partial charge < -0.3 is 25.3 Å². The van der Waals surface area contributed by atoms with E-state index in [1.807, 2.05) is 0 Å². The third-order valence-corrected chi connectivity index (χ3v) is 10.9. The molecule has 0 N–H and O–H groups in total. The molecule has 0 aliphatic carbocycles. The predicted molar refractivity (Wildman–Crippen MR) is 112 cm³/mol. The van der Waals surface area contributed by atoms with E-state index in [2.05, 4.69) is 27.7 Å². The van der Waals surface area contributed by atoms with Crippen molar-refractivity contribution in [3.8, 4) is 0 Å². The van der Waals surface area contributed by atoms with Crippen molar-refractivity contribution < 1.29 is 25.3 Å². The Labute approximate surface area is 189 Å². The first kappa shape index (κ1) is 38.1. The Bertz CT molecular complexity index is 219. The van der Waals surface area contributed by atoms with Crippen molar-refractivity contribution >= 4 is 54.2 Å². The van der Waals surface area contributed by atoms with E-state index in [0.717, 1.165) is 13.8 Å². The van der Waals surface area contributed by atoms with Crippen LogP contribution in [0.15, 0.2) is 0 Å². The van der Waals surface area contributed by atoms with Gasteiger partial charge in [-0.3, -0.25) is 0 Å². The largest absolute Gasteiger partial charge is 2.00 e. The van der Waals surface area contributed by atoms with Crippen molar-refractivity contribution in [3.63, 3.8) is 0 Å². The molecule has 0 radical (unpaired) electrons. The Hall–Kier alpha value is 0.497. The van der Waals surface area contributed by atoms with Gasteiger partial charge in [-0.1, -0.05) is 0 Å². The minimum Gasteiger partial charge on any atom is -2.00 e. The van der Waals surface area contributed by atoms with Crippen LogP contribution in [0.2, 0.25) is 17.7 Å². The van der Waals surface area contributed by atoms with Gasteiger partial charge in [0.1, 0.15) is 0 Å². The standard InChI is InChI=1S/4C4H9.2C2H4O2.O.2Sn/c4*1-3-4-2;2*1-2(3)4;;;/h4*1,3-4H2,2H3;2*1H3,(H,3,4);;;/q;;;;;;-2;2*+2/p-2. The maximum atomic E-state index is 8.89. The van der Waals surface area contributed by atoms with E-state index in [-0.39, 0.29) is 47.8 Å². The summed E-state index contributed by atoms with van der Waals surface area (Å²) in [7, 11) is 0. The SMILES string of the molecule is CC(=O)[O-].CC(=O)[O-].CCC[CH2][Sn+2][CH2]CCC.CCC[CH2][Sn+2][CH2]CCC.[O-2]. The zero-order chi connectivity index (χ0) is 21.1. The fraction of sp³-hybridized carbons (Fsp3) is 0.900. The number of rotatable bonds is 12. The first-order valence-electron chi connectivity index (χ1n) is 10.1. The second-order valence-corrected chi connectivity index (χ2v) is 14.5. The number of carbonyl (C=O) groups excluding carboxylic acids is 2. The molecule has 5 nitrogen and oxygen atoms in total. The summed E-state index contributed by atoms with van der Waals surface area (Å²) in [5.74, 6) is -2.17. The molecule has 7 heteroatoms. The molecule has 0 fully saturated rings. The molecule has 0 aromatic heterocycles. The quantitative estimate of drug-likeness (QED) is 0.252. The van der Waals surface area contributed by atoms with Gasteiger partial charge in [-0.05, 0) is 13.8 Å². The number of aliphatic carboxylic acids is 2. The summed E-state index contributed by atoms with van der Waals surface area (Å²) < 4.78 is 6.50. The average molecular weight is 600 g/mol. The van der Waals surface area contributed by atoms with Crippen molar-refractivity contribution in [1.29, 1.82) is 0 Å². The molecule has 0 bridgehead atoms. The van der Waals surface area contributed by atoms with Crippen LogP contribution in [0.1, 0.15) is 92.9 Å². The van der Waals surface area contributed by atoms with Crippen LogP contribution in [0.5, 0.6) is 0 Å². The Morgan fingerprint density at radius 1 is 0.593 bits per heavy atom. The fourth-order valence-electron chi connectivity index (χ4n) is 1.46. The van der Waals surface area contributed by atoms with Crippen molar-refractivity contribution in [2.24, 2.45) is 0 Å². The van der Waals surface area contributed by atoms with E-state index >= 15 is 0 Å². The first-order chi connectivity index (χ1) is 12.3. The van der Waals surface area contributed by atoms with Crippen LogP contribution in [0.25, 0.3) is 0 Å². The van der Waals surface area contributed by atoms with Gasteiger partial charge in [0.05, 0.1) is 0 Å². The zero-order valence-corrected chi connectivity index (χ0v) is 24.2. The van der Waals surface area contributed by atoms with Gasteiger partial charge in [0.15, 0.2) is 0 Å². The maximum Gasteiger partial charge on any atom is -2.00 e. The maximum absolute atomic E-state index is 8.89. The third kappa shape index (κ3) is 102. The molecule has 0 rings (SSSR count). The van der Waals surface area contributed by atoms with Crippen LogP contribution < -0.4 is 10.2 Å². The van der Waals surface area contributed by atoms with Crippen LogP contribution in [0, 0.1) is 0 Å². The number of carboxylic acid groups (broad SMARTS) is 2. The minimum absolute atomic E-state index is 0.